The molecule has 33 heavy (non-hydrogen) atoms. The van der Waals surface area contributed by atoms with Gasteiger partial charge in [0.2, 0.25) is 5.91 Å². The molecule has 0 aromatic heterocycles. The van der Waals surface area contributed by atoms with E-state index in [9.17, 15) is 19.7 Å². The molecule has 3 aromatic carbocycles. The number of fused-ring (bicyclic) bond motifs is 1. The van der Waals surface area contributed by atoms with Gasteiger partial charge in [0, 0.05) is 55.3 Å². The minimum Gasteiger partial charge on any atom is -0.341 e. The number of amides is 2. The molecule has 1 saturated heterocycles. The first-order valence-electron chi connectivity index (χ1n) is 10.8. The number of carbonyl (C=O) groups excluding carboxylic acids is 2. The Balaban J connectivity index is 1.39. The largest absolute Gasteiger partial charge is 0.341 e. The monoisotopic (exact) mass is 465 g/mol. The first-order valence-corrected chi connectivity index (χ1v) is 11.2. The standard InChI is InChI=1S/C25H24ClN3O4/c1-27(16-19-15-20(29(32)33)9-10-23(19)26)24(30)18-11-13-28(14-12-18)25(31)22-8-4-6-17-5-2-3-7-21(17)22/h2-10,15,18H,11-14,16H2,1H3. The number of piperidine rings is 1. The van der Waals surface area contributed by atoms with E-state index in [-0.39, 0.29) is 30.0 Å². The first kappa shape index (κ1) is 22.7. The maximum Gasteiger partial charge on any atom is 0.269 e. The van der Waals surface area contributed by atoms with Crippen LogP contribution in [0.5, 0.6) is 0 Å². The molecule has 3 aromatic rings. The van der Waals surface area contributed by atoms with E-state index in [0.29, 0.717) is 42.1 Å². The average molecular weight is 466 g/mol. The number of nitro benzene ring substituents is 1. The lowest BCUT2D eigenvalue weighted by molar-refractivity contribution is -0.384. The Morgan fingerprint density at radius 1 is 1.09 bits per heavy atom. The van der Waals surface area contributed by atoms with Crippen molar-refractivity contribution in [2.75, 3.05) is 20.1 Å². The molecule has 7 nitrogen and oxygen atoms in total. The van der Waals surface area contributed by atoms with Gasteiger partial charge in [0.25, 0.3) is 11.6 Å². The van der Waals surface area contributed by atoms with Crippen LogP contribution in [0.2, 0.25) is 5.02 Å². The normalized spacial score (nSPS) is 14.3. The highest BCUT2D eigenvalue weighted by Gasteiger charge is 2.30. The third kappa shape index (κ3) is 4.83. The van der Waals surface area contributed by atoms with Gasteiger partial charge in [0.1, 0.15) is 0 Å². The molecule has 2 amide bonds. The summed E-state index contributed by atoms with van der Waals surface area (Å²) in [4.78, 5) is 40.1. The molecule has 0 atom stereocenters. The fraction of sp³-hybridized carbons (Fsp3) is 0.280. The fourth-order valence-corrected chi connectivity index (χ4v) is 4.53. The summed E-state index contributed by atoms with van der Waals surface area (Å²) in [5.74, 6) is -0.270. The summed E-state index contributed by atoms with van der Waals surface area (Å²) in [7, 11) is 1.67. The molecule has 1 heterocycles. The lowest BCUT2D eigenvalue weighted by atomic mass is 9.94. The Hall–Kier alpha value is -3.45. The Labute approximate surface area is 196 Å². The van der Waals surface area contributed by atoms with Gasteiger partial charge < -0.3 is 9.80 Å². The zero-order valence-corrected chi connectivity index (χ0v) is 19.0. The van der Waals surface area contributed by atoms with E-state index in [0.717, 1.165) is 10.8 Å². The number of halogens is 1. The third-order valence-corrected chi connectivity index (χ3v) is 6.54. The molecule has 0 spiro atoms. The van der Waals surface area contributed by atoms with Crippen molar-refractivity contribution < 1.29 is 14.5 Å². The number of carbonyl (C=O) groups is 2. The summed E-state index contributed by atoms with van der Waals surface area (Å²) in [6.07, 6.45) is 1.14. The number of rotatable bonds is 5. The smallest absolute Gasteiger partial charge is 0.269 e. The van der Waals surface area contributed by atoms with Gasteiger partial charge in [-0.3, -0.25) is 19.7 Å². The van der Waals surface area contributed by atoms with Crippen LogP contribution in [0.1, 0.15) is 28.8 Å². The zero-order valence-electron chi connectivity index (χ0n) is 18.2. The van der Waals surface area contributed by atoms with Crippen LogP contribution >= 0.6 is 11.6 Å². The van der Waals surface area contributed by atoms with E-state index in [1.807, 2.05) is 47.4 Å². The topological polar surface area (TPSA) is 83.8 Å². The predicted molar refractivity (Wildman–Crippen MR) is 127 cm³/mol. The molecular weight excluding hydrogens is 442 g/mol. The summed E-state index contributed by atoms with van der Waals surface area (Å²) in [5, 5.41) is 13.4. The van der Waals surface area contributed by atoms with Crippen LogP contribution in [0.25, 0.3) is 10.8 Å². The van der Waals surface area contributed by atoms with Gasteiger partial charge in [-0.2, -0.15) is 0 Å². The molecule has 170 valence electrons. The van der Waals surface area contributed by atoms with Gasteiger partial charge in [0.15, 0.2) is 0 Å². The van der Waals surface area contributed by atoms with E-state index >= 15 is 0 Å². The highest BCUT2D eigenvalue weighted by molar-refractivity contribution is 6.31. The Morgan fingerprint density at radius 2 is 1.79 bits per heavy atom. The van der Waals surface area contributed by atoms with Gasteiger partial charge >= 0.3 is 0 Å². The Bertz CT molecular complexity index is 1220. The molecular formula is C25H24ClN3O4. The molecule has 0 aliphatic carbocycles. The van der Waals surface area contributed by atoms with Crippen molar-refractivity contribution in [2.45, 2.75) is 19.4 Å². The summed E-state index contributed by atoms with van der Waals surface area (Å²) >= 11 is 6.18. The molecule has 1 aliphatic rings. The van der Waals surface area contributed by atoms with E-state index in [1.165, 1.54) is 18.2 Å². The van der Waals surface area contributed by atoms with E-state index < -0.39 is 4.92 Å². The number of hydrogen-bond acceptors (Lipinski definition) is 4. The average Bonchev–Trinajstić information content (AvgIpc) is 2.84. The fourth-order valence-electron chi connectivity index (χ4n) is 4.35. The minimum absolute atomic E-state index is 0.0190. The van der Waals surface area contributed by atoms with Gasteiger partial charge in [-0.1, -0.05) is 48.0 Å². The molecule has 1 aliphatic heterocycles. The van der Waals surface area contributed by atoms with Gasteiger partial charge in [-0.05, 0) is 41.3 Å². The number of non-ortho nitro benzene ring substituents is 1. The maximum absolute atomic E-state index is 13.2. The van der Waals surface area contributed by atoms with Crippen LogP contribution in [-0.2, 0) is 11.3 Å². The third-order valence-electron chi connectivity index (χ3n) is 6.18. The van der Waals surface area contributed by atoms with Crippen LogP contribution in [0.15, 0.2) is 60.7 Å². The number of likely N-dealkylation sites (tertiary alicyclic amines) is 1. The van der Waals surface area contributed by atoms with Crippen LogP contribution < -0.4 is 0 Å². The molecule has 0 bridgehead atoms. The van der Waals surface area contributed by atoms with E-state index in [2.05, 4.69) is 0 Å². The summed E-state index contributed by atoms with van der Waals surface area (Å²) in [6.45, 7) is 1.20. The maximum atomic E-state index is 13.2. The molecule has 0 radical (unpaired) electrons. The van der Waals surface area contributed by atoms with E-state index in [4.69, 9.17) is 11.6 Å². The predicted octanol–water partition coefficient (Wildman–Crippen LogP) is 4.91. The van der Waals surface area contributed by atoms with Crippen LogP contribution in [0, 0.1) is 16.0 Å². The second kappa shape index (κ2) is 9.58. The van der Waals surface area contributed by atoms with E-state index in [1.54, 1.807) is 11.9 Å². The highest BCUT2D eigenvalue weighted by Crippen LogP contribution is 2.27. The molecule has 0 unspecified atom stereocenters. The number of benzene rings is 3. The lowest BCUT2D eigenvalue weighted by Gasteiger charge is -2.33. The molecule has 0 saturated carbocycles. The van der Waals surface area contributed by atoms with Crippen molar-refractivity contribution in [3.05, 3.63) is 86.9 Å². The Morgan fingerprint density at radius 3 is 2.52 bits per heavy atom. The van der Waals surface area contributed by atoms with Crippen molar-refractivity contribution in [3.8, 4) is 0 Å². The molecule has 1 fully saturated rings. The summed E-state index contributed by atoms with van der Waals surface area (Å²) < 4.78 is 0. The first-order chi connectivity index (χ1) is 15.8. The minimum atomic E-state index is -0.482. The van der Waals surface area contributed by atoms with Crippen LogP contribution in [0.4, 0.5) is 5.69 Å². The second-order valence-electron chi connectivity index (χ2n) is 8.32. The van der Waals surface area contributed by atoms with Gasteiger partial charge in [-0.25, -0.2) is 0 Å². The SMILES string of the molecule is CN(Cc1cc([N+](=O)[O-])ccc1Cl)C(=O)C1CCN(C(=O)c2cccc3ccccc23)CC1. The lowest BCUT2D eigenvalue weighted by Crippen LogP contribution is -2.43. The van der Waals surface area contributed by atoms with Crippen molar-refractivity contribution in [1.29, 1.82) is 0 Å². The number of nitro groups is 1. The number of nitrogens with zero attached hydrogens (tertiary/aromatic N) is 3. The second-order valence-corrected chi connectivity index (χ2v) is 8.73. The Kier molecular flexibility index (Phi) is 6.60. The van der Waals surface area contributed by atoms with Crippen molar-refractivity contribution in [3.63, 3.8) is 0 Å². The zero-order chi connectivity index (χ0) is 23.5. The quantitative estimate of drug-likeness (QED) is 0.395. The number of hydrogen-bond donors (Lipinski definition) is 0. The van der Waals surface area contributed by atoms with Crippen LogP contribution in [-0.4, -0.2) is 46.7 Å². The highest BCUT2D eigenvalue weighted by atomic mass is 35.5. The van der Waals surface area contributed by atoms with Crippen molar-refractivity contribution >= 4 is 39.9 Å². The van der Waals surface area contributed by atoms with Crippen molar-refractivity contribution in [1.82, 2.24) is 9.80 Å². The molecule has 8 heteroatoms. The summed E-state index contributed by atoms with van der Waals surface area (Å²) in [5.41, 5.74) is 1.15. The van der Waals surface area contributed by atoms with Crippen LogP contribution in [0.3, 0.4) is 0 Å². The van der Waals surface area contributed by atoms with Gasteiger partial charge in [-0.15, -0.1) is 0 Å². The van der Waals surface area contributed by atoms with Crippen molar-refractivity contribution in [2.24, 2.45) is 5.92 Å². The van der Waals surface area contributed by atoms with Gasteiger partial charge in [0.05, 0.1) is 4.92 Å². The molecule has 4 rings (SSSR count). The molecule has 0 N–H and O–H groups in total. The summed E-state index contributed by atoms with van der Waals surface area (Å²) in [6, 6.07) is 17.8.